The third-order valence-corrected chi connectivity index (χ3v) is 3.17. The minimum absolute atomic E-state index is 0.0844. The van der Waals surface area contributed by atoms with Crippen molar-refractivity contribution in [2.75, 3.05) is 26.3 Å². The molecule has 6 nitrogen and oxygen atoms in total. The van der Waals surface area contributed by atoms with Crippen LogP contribution in [-0.4, -0.2) is 50.3 Å². The average molecular weight is 256 g/mol. The van der Waals surface area contributed by atoms with Gasteiger partial charge in [0.15, 0.2) is 0 Å². The maximum atomic E-state index is 11.6. The second-order valence-electron chi connectivity index (χ2n) is 4.59. The van der Waals surface area contributed by atoms with Gasteiger partial charge < -0.3 is 20.1 Å². The van der Waals surface area contributed by atoms with Crippen LogP contribution in [0.4, 0.5) is 0 Å². The minimum atomic E-state index is -0.307. The maximum absolute atomic E-state index is 11.6. The second kappa shape index (κ2) is 6.70. The predicted octanol–water partition coefficient (Wildman–Crippen LogP) is -0.423. The normalized spacial score (nSPS) is 27.1. The Hall–Kier alpha value is -1.14. The van der Waals surface area contributed by atoms with Crippen molar-refractivity contribution in [2.45, 2.75) is 37.9 Å². The molecule has 2 amide bonds. The summed E-state index contributed by atoms with van der Waals surface area (Å²) in [5.41, 5.74) is 0. The zero-order valence-corrected chi connectivity index (χ0v) is 10.4. The number of carbonyl (C=O) groups is 2. The van der Waals surface area contributed by atoms with Crippen molar-refractivity contribution in [1.29, 1.82) is 0 Å². The van der Waals surface area contributed by atoms with Crippen LogP contribution in [0, 0.1) is 0 Å². The van der Waals surface area contributed by atoms with Crippen molar-refractivity contribution < 1.29 is 19.1 Å². The molecule has 0 radical (unpaired) electrons. The van der Waals surface area contributed by atoms with Gasteiger partial charge in [0.25, 0.3) is 0 Å². The minimum Gasteiger partial charge on any atom is -0.368 e. The van der Waals surface area contributed by atoms with Gasteiger partial charge in [0.05, 0.1) is 0 Å². The lowest BCUT2D eigenvalue weighted by Gasteiger charge is -2.12. The first-order valence-electron chi connectivity index (χ1n) is 6.56. The fraction of sp³-hybridized carbons (Fsp3) is 0.833. The molecule has 0 aliphatic carbocycles. The highest BCUT2D eigenvalue weighted by molar-refractivity contribution is 5.82. The first-order chi connectivity index (χ1) is 8.77. The van der Waals surface area contributed by atoms with Crippen molar-refractivity contribution in [3.63, 3.8) is 0 Å². The molecule has 2 fully saturated rings. The molecule has 2 heterocycles. The van der Waals surface area contributed by atoms with Crippen molar-refractivity contribution in [3.8, 4) is 0 Å². The lowest BCUT2D eigenvalue weighted by molar-refractivity contribution is -0.131. The summed E-state index contributed by atoms with van der Waals surface area (Å²) in [4.78, 5) is 23.1. The lowest BCUT2D eigenvalue weighted by atomic mass is 10.2. The van der Waals surface area contributed by atoms with Crippen molar-refractivity contribution in [3.05, 3.63) is 0 Å². The zero-order chi connectivity index (χ0) is 12.8. The molecule has 2 N–H and O–H groups in total. The lowest BCUT2D eigenvalue weighted by Crippen LogP contribution is -2.41. The monoisotopic (exact) mass is 256 g/mol. The van der Waals surface area contributed by atoms with E-state index < -0.39 is 0 Å². The Morgan fingerprint density at radius 3 is 1.67 bits per heavy atom. The predicted molar refractivity (Wildman–Crippen MR) is 64.0 cm³/mol. The van der Waals surface area contributed by atoms with Gasteiger partial charge >= 0.3 is 0 Å². The third-order valence-electron chi connectivity index (χ3n) is 3.17. The van der Waals surface area contributed by atoms with Crippen molar-refractivity contribution >= 4 is 11.8 Å². The SMILES string of the molecule is O=C(NCCNC(=O)[C@H]1CCCO1)[C@H]1CCCO1. The fourth-order valence-corrected chi connectivity index (χ4v) is 2.17. The standard InChI is InChI=1S/C12H20N2O4/c15-11(9-3-1-7-17-9)13-5-6-14-12(16)10-4-2-8-18-10/h9-10H,1-8H2,(H,13,15)(H,14,16)/t9-,10-/m1/s1. The Morgan fingerprint density at radius 2 is 1.33 bits per heavy atom. The number of hydrogen-bond donors (Lipinski definition) is 2. The molecule has 6 heteroatoms. The Balaban J connectivity index is 1.55. The van der Waals surface area contributed by atoms with Crippen LogP contribution in [-0.2, 0) is 19.1 Å². The second-order valence-corrected chi connectivity index (χ2v) is 4.59. The van der Waals surface area contributed by atoms with Gasteiger partial charge in [-0.15, -0.1) is 0 Å². The third kappa shape index (κ3) is 3.68. The molecule has 2 aliphatic heterocycles. The molecule has 2 rings (SSSR count). The molecule has 2 atom stereocenters. The summed E-state index contributed by atoms with van der Waals surface area (Å²) in [5.74, 6) is -0.169. The first-order valence-corrected chi connectivity index (χ1v) is 6.56. The Bertz CT molecular complexity index is 266. The van der Waals surface area contributed by atoms with Crippen LogP contribution in [0.25, 0.3) is 0 Å². The van der Waals surface area contributed by atoms with Gasteiger partial charge in [0, 0.05) is 26.3 Å². The first kappa shape index (κ1) is 13.3. The number of rotatable bonds is 5. The van der Waals surface area contributed by atoms with Crippen LogP contribution < -0.4 is 10.6 Å². The maximum Gasteiger partial charge on any atom is 0.249 e. The topological polar surface area (TPSA) is 76.7 Å². The number of amides is 2. The van der Waals surface area contributed by atoms with Crippen LogP contribution in [0.2, 0.25) is 0 Å². The van der Waals surface area contributed by atoms with Crippen LogP contribution in [0.5, 0.6) is 0 Å². The molecular weight excluding hydrogens is 236 g/mol. The van der Waals surface area contributed by atoms with E-state index in [4.69, 9.17) is 9.47 Å². The van der Waals surface area contributed by atoms with Gasteiger partial charge in [-0.2, -0.15) is 0 Å². The molecule has 0 aromatic carbocycles. The van der Waals surface area contributed by atoms with Crippen LogP contribution >= 0.6 is 0 Å². The molecule has 0 saturated carbocycles. The summed E-state index contributed by atoms with van der Waals surface area (Å²) >= 11 is 0. The van der Waals surface area contributed by atoms with Gasteiger partial charge in [-0.3, -0.25) is 9.59 Å². The van der Waals surface area contributed by atoms with E-state index in [2.05, 4.69) is 10.6 Å². The van der Waals surface area contributed by atoms with E-state index in [1.807, 2.05) is 0 Å². The Morgan fingerprint density at radius 1 is 0.889 bits per heavy atom. The van der Waals surface area contributed by atoms with Crippen LogP contribution in [0.15, 0.2) is 0 Å². The smallest absolute Gasteiger partial charge is 0.249 e. The summed E-state index contributed by atoms with van der Waals surface area (Å²) in [6, 6.07) is 0. The molecule has 102 valence electrons. The molecule has 18 heavy (non-hydrogen) atoms. The van der Waals surface area contributed by atoms with Crippen LogP contribution in [0.1, 0.15) is 25.7 Å². The molecule has 0 bridgehead atoms. The van der Waals surface area contributed by atoms with E-state index >= 15 is 0 Å². The molecule has 2 saturated heterocycles. The van der Waals surface area contributed by atoms with Crippen LogP contribution in [0.3, 0.4) is 0 Å². The summed E-state index contributed by atoms with van der Waals surface area (Å²) in [6.45, 7) is 2.18. The van der Waals surface area contributed by atoms with E-state index in [0.29, 0.717) is 26.3 Å². The molecular formula is C12H20N2O4. The van der Waals surface area contributed by atoms with Gasteiger partial charge in [-0.1, -0.05) is 0 Å². The summed E-state index contributed by atoms with van der Waals surface area (Å²) in [5, 5.41) is 5.50. The quantitative estimate of drug-likeness (QED) is 0.655. The van der Waals surface area contributed by atoms with E-state index in [1.54, 1.807) is 0 Å². The van der Waals surface area contributed by atoms with Gasteiger partial charge in [0.1, 0.15) is 12.2 Å². The van der Waals surface area contributed by atoms with E-state index in [0.717, 1.165) is 25.7 Å². The number of ether oxygens (including phenoxy) is 2. The van der Waals surface area contributed by atoms with Crippen molar-refractivity contribution in [2.24, 2.45) is 0 Å². The van der Waals surface area contributed by atoms with Gasteiger partial charge in [-0.05, 0) is 25.7 Å². The molecule has 0 aromatic heterocycles. The molecule has 0 spiro atoms. The van der Waals surface area contributed by atoms with Crippen molar-refractivity contribution in [1.82, 2.24) is 10.6 Å². The number of hydrogen-bond acceptors (Lipinski definition) is 4. The molecule has 0 aromatic rings. The molecule has 2 aliphatic rings. The highest BCUT2D eigenvalue weighted by Gasteiger charge is 2.24. The number of nitrogens with one attached hydrogen (secondary N) is 2. The fourth-order valence-electron chi connectivity index (χ4n) is 2.17. The summed E-state index contributed by atoms with van der Waals surface area (Å²) in [7, 11) is 0. The zero-order valence-electron chi connectivity index (χ0n) is 10.4. The summed E-state index contributed by atoms with van der Waals surface area (Å²) < 4.78 is 10.5. The van der Waals surface area contributed by atoms with Gasteiger partial charge in [-0.25, -0.2) is 0 Å². The Labute approximate surface area is 106 Å². The summed E-state index contributed by atoms with van der Waals surface area (Å²) in [6.07, 6.45) is 2.84. The highest BCUT2D eigenvalue weighted by Crippen LogP contribution is 2.12. The largest absolute Gasteiger partial charge is 0.368 e. The highest BCUT2D eigenvalue weighted by atomic mass is 16.5. The van der Waals surface area contributed by atoms with E-state index in [-0.39, 0.29) is 24.0 Å². The van der Waals surface area contributed by atoms with E-state index in [9.17, 15) is 9.59 Å². The molecule has 0 unspecified atom stereocenters. The Kier molecular flexibility index (Phi) is 4.95. The van der Waals surface area contributed by atoms with Gasteiger partial charge in [0.2, 0.25) is 11.8 Å². The van der Waals surface area contributed by atoms with E-state index in [1.165, 1.54) is 0 Å². The number of carbonyl (C=O) groups excluding carboxylic acids is 2. The average Bonchev–Trinajstić information content (AvgIpc) is 3.05.